The number of anilines is 1. The van der Waals surface area contributed by atoms with Crippen molar-refractivity contribution in [1.82, 2.24) is 4.90 Å². The number of likely N-dealkylation sites (tertiary alicyclic amines) is 1. The maximum atomic E-state index is 13.1. The predicted octanol–water partition coefficient (Wildman–Crippen LogP) is 3.16. The van der Waals surface area contributed by atoms with Gasteiger partial charge < -0.3 is 4.90 Å². The van der Waals surface area contributed by atoms with Crippen molar-refractivity contribution in [3.05, 3.63) is 59.6 Å². The van der Waals surface area contributed by atoms with Crippen molar-refractivity contribution >= 4 is 33.2 Å². The molecule has 3 rings (SSSR count). The fraction of sp³-hybridized carbons (Fsp3) is 0.278. The number of hydrogen-bond acceptors (Lipinski definition) is 3. The Labute approximate surface area is 152 Å². The minimum Gasteiger partial charge on any atom is -0.341 e. The molecule has 0 unspecified atom stereocenters. The van der Waals surface area contributed by atoms with Crippen molar-refractivity contribution < 1.29 is 13.2 Å². The van der Waals surface area contributed by atoms with E-state index in [-0.39, 0.29) is 22.4 Å². The van der Waals surface area contributed by atoms with Crippen LogP contribution in [0.15, 0.2) is 59.5 Å². The second-order valence-corrected chi connectivity index (χ2v) is 8.13. The minimum atomic E-state index is -3.90. The number of carbonyl (C=O) groups is 1. The topological polar surface area (TPSA) is 57.7 Å². The van der Waals surface area contributed by atoms with E-state index >= 15 is 0 Å². The number of halogens is 1. The number of carbonyl (C=O) groups excluding carboxylic acids is 1. The molecule has 1 heterocycles. The van der Waals surface area contributed by atoms with E-state index in [2.05, 4.69) is 0 Å². The van der Waals surface area contributed by atoms with Crippen LogP contribution in [-0.4, -0.2) is 38.9 Å². The molecule has 7 heteroatoms. The van der Waals surface area contributed by atoms with Crippen molar-refractivity contribution in [3.8, 4) is 0 Å². The standard InChI is InChI=1S/C18H19ClN2O3S/c19-16-10-4-5-11-17(16)21(14-18(22)20-12-6-7-13-20)25(23,24)15-8-2-1-3-9-15/h1-5,8-11H,6-7,12-14H2. The van der Waals surface area contributed by atoms with Crippen LogP contribution in [0.3, 0.4) is 0 Å². The highest BCUT2D eigenvalue weighted by Gasteiger charge is 2.30. The Morgan fingerprint density at radius 1 is 1.00 bits per heavy atom. The Balaban J connectivity index is 2.00. The molecule has 1 aliphatic rings. The number of hydrogen-bond donors (Lipinski definition) is 0. The van der Waals surface area contributed by atoms with E-state index in [0.717, 1.165) is 17.1 Å². The maximum Gasteiger partial charge on any atom is 0.264 e. The molecule has 0 bridgehead atoms. The van der Waals surface area contributed by atoms with Crippen LogP contribution in [0.4, 0.5) is 5.69 Å². The lowest BCUT2D eigenvalue weighted by Gasteiger charge is -2.27. The molecule has 25 heavy (non-hydrogen) atoms. The monoisotopic (exact) mass is 378 g/mol. The lowest BCUT2D eigenvalue weighted by Crippen LogP contribution is -2.42. The fourth-order valence-electron chi connectivity index (χ4n) is 2.86. The van der Waals surface area contributed by atoms with E-state index in [0.29, 0.717) is 18.8 Å². The zero-order valence-electron chi connectivity index (χ0n) is 13.6. The summed E-state index contributed by atoms with van der Waals surface area (Å²) in [4.78, 5) is 14.4. The third-order valence-corrected chi connectivity index (χ3v) is 6.28. The first-order valence-corrected chi connectivity index (χ1v) is 9.92. The molecule has 0 spiro atoms. The molecule has 0 saturated carbocycles. The zero-order valence-corrected chi connectivity index (χ0v) is 15.2. The molecule has 1 aliphatic heterocycles. The quantitative estimate of drug-likeness (QED) is 0.803. The van der Waals surface area contributed by atoms with Crippen LogP contribution in [0.2, 0.25) is 5.02 Å². The molecular formula is C18H19ClN2O3S. The second kappa shape index (κ2) is 7.45. The van der Waals surface area contributed by atoms with Gasteiger partial charge in [0.1, 0.15) is 6.54 Å². The highest BCUT2D eigenvalue weighted by Crippen LogP contribution is 2.30. The summed E-state index contributed by atoms with van der Waals surface area (Å²) in [6, 6.07) is 14.7. The smallest absolute Gasteiger partial charge is 0.264 e. The first-order valence-electron chi connectivity index (χ1n) is 8.10. The van der Waals surface area contributed by atoms with E-state index in [1.165, 1.54) is 12.1 Å². The predicted molar refractivity (Wildman–Crippen MR) is 98.2 cm³/mol. The Morgan fingerprint density at radius 3 is 2.24 bits per heavy atom. The Bertz CT molecular complexity index is 850. The number of para-hydroxylation sites is 1. The summed E-state index contributed by atoms with van der Waals surface area (Å²) in [6.07, 6.45) is 1.90. The van der Waals surface area contributed by atoms with Gasteiger partial charge in [-0.2, -0.15) is 0 Å². The van der Waals surface area contributed by atoms with Gasteiger partial charge in [-0.15, -0.1) is 0 Å². The van der Waals surface area contributed by atoms with E-state index in [9.17, 15) is 13.2 Å². The van der Waals surface area contributed by atoms with Crippen LogP contribution >= 0.6 is 11.6 Å². The van der Waals surface area contributed by atoms with E-state index in [4.69, 9.17) is 11.6 Å². The summed E-state index contributed by atoms with van der Waals surface area (Å²) >= 11 is 6.22. The molecular weight excluding hydrogens is 360 g/mol. The summed E-state index contributed by atoms with van der Waals surface area (Å²) < 4.78 is 27.4. The lowest BCUT2D eigenvalue weighted by molar-refractivity contribution is -0.128. The molecule has 1 fully saturated rings. The SMILES string of the molecule is O=C(CN(c1ccccc1Cl)S(=O)(=O)c1ccccc1)N1CCCC1. The van der Waals surface area contributed by atoms with Gasteiger partial charge in [0, 0.05) is 13.1 Å². The summed E-state index contributed by atoms with van der Waals surface area (Å²) in [5.41, 5.74) is 0.306. The number of sulfonamides is 1. The Hall–Kier alpha value is -2.05. The van der Waals surface area contributed by atoms with Crippen molar-refractivity contribution in [2.24, 2.45) is 0 Å². The largest absolute Gasteiger partial charge is 0.341 e. The van der Waals surface area contributed by atoms with Crippen LogP contribution < -0.4 is 4.31 Å². The molecule has 1 amide bonds. The van der Waals surface area contributed by atoms with Gasteiger partial charge in [-0.25, -0.2) is 8.42 Å². The third-order valence-electron chi connectivity index (χ3n) is 4.19. The number of amides is 1. The average Bonchev–Trinajstić information content (AvgIpc) is 3.16. The van der Waals surface area contributed by atoms with Gasteiger partial charge in [-0.3, -0.25) is 9.10 Å². The lowest BCUT2D eigenvalue weighted by atomic mass is 10.3. The highest BCUT2D eigenvalue weighted by atomic mass is 35.5. The van der Waals surface area contributed by atoms with Gasteiger partial charge in [0.05, 0.1) is 15.6 Å². The van der Waals surface area contributed by atoms with Crippen molar-refractivity contribution in [3.63, 3.8) is 0 Å². The summed E-state index contributed by atoms with van der Waals surface area (Å²) in [6.45, 7) is 1.07. The van der Waals surface area contributed by atoms with Crippen molar-refractivity contribution in [2.75, 3.05) is 23.9 Å². The normalized spacial score (nSPS) is 14.5. The van der Waals surface area contributed by atoms with Crippen molar-refractivity contribution in [2.45, 2.75) is 17.7 Å². The minimum absolute atomic E-state index is 0.129. The van der Waals surface area contributed by atoms with Gasteiger partial charge in [-0.05, 0) is 37.1 Å². The van der Waals surface area contributed by atoms with E-state index in [1.54, 1.807) is 47.4 Å². The van der Waals surface area contributed by atoms with Crippen LogP contribution in [-0.2, 0) is 14.8 Å². The molecule has 0 radical (unpaired) electrons. The van der Waals surface area contributed by atoms with Gasteiger partial charge in [0.25, 0.3) is 10.0 Å². The average molecular weight is 379 g/mol. The summed E-state index contributed by atoms with van der Waals surface area (Å²) in [5.74, 6) is -0.211. The first-order chi connectivity index (χ1) is 12.0. The highest BCUT2D eigenvalue weighted by molar-refractivity contribution is 7.92. The molecule has 1 saturated heterocycles. The molecule has 0 N–H and O–H groups in total. The van der Waals surface area contributed by atoms with Gasteiger partial charge in [0.2, 0.25) is 5.91 Å². The molecule has 5 nitrogen and oxygen atoms in total. The third kappa shape index (κ3) is 3.80. The molecule has 132 valence electrons. The maximum absolute atomic E-state index is 13.1. The molecule has 0 aromatic heterocycles. The second-order valence-electron chi connectivity index (χ2n) is 5.86. The fourth-order valence-corrected chi connectivity index (χ4v) is 4.60. The first kappa shape index (κ1) is 17.8. The Kier molecular flexibility index (Phi) is 5.30. The van der Waals surface area contributed by atoms with E-state index < -0.39 is 10.0 Å². The van der Waals surface area contributed by atoms with Crippen LogP contribution in [0.25, 0.3) is 0 Å². The molecule has 2 aromatic carbocycles. The number of benzene rings is 2. The van der Waals surface area contributed by atoms with Crippen LogP contribution in [0, 0.1) is 0 Å². The Morgan fingerprint density at radius 2 is 1.60 bits per heavy atom. The van der Waals surface area contributed by atoms with Gasteiger partial charge in [-0.1, -0.05) is 41.9 Å². The molecule has 0 atom stereocenters. The van der Waals surface area contributed by atoms with Crippen LogP contribution in [0.1, 0.15) is 12.8 Å². The number of nitrogens with zero attached hydrogens (tertiary/aromatic N) is 2. The van der Waals surface area contributed by atoms with Crippen molar-refractivity contribution in [1.29, 1.82) is 0 Å². The summed E-state index contributed by atoms with van der Waals surface area (Å²) in [5, 5.41) is 0.288. The summed E-state index contributed by atoms with van der Waals surface area (Å²) in [7, 11) is -3.90. The van der Waals surface area contributed by atoms with Gasteiger partial charge in [0.15, 0.2) is 0 Å². The van der Waals surface area contributed by atoms with E-state index in [1.807, 2.05) is 0 Å². The zero-order chi connectivity index (χ0) is 17.9. The number of rotatable bonds is 5. The van der Waals surface area contributed by atoms with Gasteiger partial charge >= 0.3 is 0 Å². The van der Waals surface area contributed by atoms with Crippen LogP contribution in [0.5, 0.6) is 0 Å². The molecule has 2 aromatic rings. The molecule has 0 aliphatic carbocycles.